The third-order valence-electron chi connectivity index (χ3n) is 9.26. The van der Waals surface area contributed by atoms with Gasteiger partial charge in [-0.25, -0.2) is 0 Å². The molecular formula is C42H70BrN4O2Pd-. The average Bonchev–Trinajstić information content (AvgIpc) is 3.09. The summed E-state index contributed by atoms with van der Waals surface area (Å²) in [5, 5.41) is 1.14. The smallest absolute Gasteiger partial charge is 0.226 e. The summed E-state index contributed by atoms with van der Waals surface area (Å²) in [6, 6.07) is 20.2. The van der Waals surface area contributed by atoms with Crippen LogP contribution in [0.1, 0.15) is 92.9 Å². The Bertz CT molecular complexity index is 1140. The maximum Gasteiger partial charge on any atom is 0.226 e. The van der Waals surface area contributed by atoms with Crippen molar-refractivity contribution in [2.75, 3.05) is 68.0 Å². The van der Waals surface area contributed by atoms with Gasteiger partial charge in [-0.05, 0) is 113 Å². The number of para-hydroxylation sites is 2. The van der Waals surface area contributed by atoms with Crippen LogP contribution >= 0.6 is 15.9 Å². The Morgan fingerprint density at radius 1 is 0.740 bits per heavy atom. The molecule has 0 saturated carbocycles. The SMILES string of the molecule is CC(C)CCBr.CCC(=O)N(C[C@@H]1CCCN(C)C1)c1ccccc1.CCC(=O)N(C[C@@H]1CCCN(CCC(C)C)C1)c1ccccc1.[CH3-].[Pd]. The molecule has 0 radical (unpaired) electrons. The zero-order chi connectivity index (χ0) is 35.3. The Balaban J connectivity index is 0.000000807. The fourth-order valence-electron chi connectivity index (χ4n) is 6.40. The summed E-state index contributed by atoms with van der Waals surface area (Å²) in [6.45, 7) is 20.4. The van der Waals surface area contributed by atoms with Gasteiger partial charge < -0.3 is 27.0 Å². The minimum atomic E-state index is 0. The van der Waals surface area contributed by atoms with Crippen LogP contribution in [-0.4, -0.2) is 79.8 Å². The second-order valence-electron chi connectivity index (χ2n) is 14.5. The molecule has 2 aliphatic rings. The van der Waals surface area contributed by atoms with E-state index in [0.717, 1.165) is 54.7 Å². The van der Waals surface area contributed by atoms with E-state index in [0.29, 0.717) is 24.7 Å². The average molecular weight is 849 g/mol. The van der Waals surface area contributed by atoms with Crippen LogP contribution in [0.4, 0.5) is 11.4 Å². The number of hydrogen-bond acceptors (Lipinski definition) is 4. The standard InChI is InChI=1S/C20H32N2O.C16H24N2O.C5H11Br.CH3.Pd/c1-4-20(23)22(19-10-6-5-7-11-19)16-18-9-8-13-21(15-18)14-12-17(2)3;1-3-16(19)18(15-9-5-4-6-10-15)13-14-8-7-11-17(2)12-14;1-5(2)3-4-6;;/h5-7,10-11,17-18H,4,8-9,12-16H2,1-3H3;4-6,9-10,14H,3,7-8,11-13H2,1-2H3;5H,3-4H2,1-2H3;1H3;/q;;;-1;/t18-;14-;;;/m11.../s1. The van der Waals surface area contributed by atoms with Crippen LogP contribution in [0.2, 0.25) is 0 Å². The largest absolute Gasteiger partial charge is 0.358 e. The quantitative estimate of drug-likeness (QED) is 0.115. The molecule has 2 atom stereocenters. The maximum atomic E-state index is 12.4. The number of halogens is 1. The number of carbonyl (C=O) groups excluding carboxylic acids is 2. The molecule has 0 aliphatic carbocycles. The van der Waals surface area contributed by atoms with Crippen molar-refractivity contribution in [3.05, 3.63) is 68.1 Å². The Morgan fingerprint density at radius 3 is 1.56 bits per heavy atom. The Morgan fingerprint density at radius 2 is 1.18 bits per heavy atom. The van der Waals surface area contributed by atoms with Crippen LogP contribution in [0.25, 0.3) is 0 Å². The number of alkyl halides is 1. The van der Waals surface area contributed by atoms with E-state index in [1.54, 1.807) is 0 Å². The maximum absolute atomic E-state index is 12.4. The molecule has 0 aromatic heterocycles. The molecule has 2 aromatic rings. The van der Waals surface area contributed by atoms with Crippen molar-refractivity contribution in [1.82, 2.24) is 9.80 Å². The van der Waals surface area contributed by atoms with E-state index in [4.69, 9.17) is 0 Å². The number of likely N-dealkylation sites (tertiary alicyclic amines) is 2. The Hall–Kier alpha value is -1.56. The van der Waals surface area contributed by atoms with Gasteiger partial charge in [0.25, 0.3) is 0 Å². The van der Waals surface area contributed by atoms with Crippen molar-refractivity contribution in [1.29, 1.82) is 0 Å². The molecule has 2 saturated heterocycles. The van der Waals surface area contributed by atoms with Crippen LogP contribution in [0.15, 0.2) is 60.7 Å². The molecular weight excluding hydrogens is 779 g/mol. The van der Waals surface area contributed by atoms with Crippen molar-refractivity contribution in [2.24, 2.45) is 23.7 Å². The molecule has 6 nitrogen and oxygen atoms in total. The molecule has 0 unspecified atom stereocenters. The summed E-state index contributed by atoms with van der Waals surface area (Å²) in [5.74, 6) is 3.25. The van der Waals surface area contributed by atoms with Crippen LogP contribution in [0.5, 0.6) is 0 Å². The van der Waals surface area contributed by atoms with Gasteiger partial charge in [0.2, 0.25) is 11.8 Å². The van der Waals surface area contributed by atoms with E-state index in [1.807, 2.05) is 84.3 Å². The minimum absolute atomic E-state index is 0. The van der Waals surface area contributed by atoms with E-state index in [-0.39, 0.29) is 39.7 Å². The normalized spacial score (nSPS) is 17.6. The molecule has 2 aliphatic heterocycles. The third kappa shape index (κ3) is 19.3. The third-order valence-corrected chi connectivity index (χ3v) is 9.72. The number of rotatable bonds is 13. The molecule has 0 bridgehead atoms. The summed E-state index contributed by atoms with van der Waals surface area (Å²) < 4.78 is 0. The van der Waals surface area contributed by atoms with Gasteiger partial charge in [0, 0.05) is 76.1 Å². The predicted octanol–water partition coefficient (Wildman–Crippen LogP) is 9.83. The summed E-state index contributed by atoms with van der Waals surface area (Å²) >= 11 is 3.35. The number of carbonyl (C=O) groups is 2. The predicted molar refractivity (Wildman–Crippen MR) is 217 cm³/mol. The zero-order valence-corrected chi connectivity index (χ0v) is 35.8. The number of piperidine rings is 2. The van der Waals surface area contributed by atoms with Crippen molar-refractivity contribution in [2.45, 2.75) is 92.9 Å². The molecule has 2 aromatic carbocycles. The summed E-state index contributed by atoms with van der Waals surface area (Å²) in [4.78, 5) is 33.5. The topological polar surface area (TPSA) is 47.1 Å². The van der Waals surface area contributed by atoms with Gasteiger partial charge in [-0.3, -0.25) is 9.59 Å². The second-order valence-corrected chi connectivity index (χ2v) is 15.3. The van der Waals surface area contributed by atoms with E-state index in [1.165, 1.54) is 58.2 Å². The van der Waals surface area contributed by atoms with Crippen molar-refractivity contribution in [3.8, 4) is 0 Å². The second kappa shape index (κ2) is 28.0. The van der Waals surface area contributed by atoms with Gasteiger partial charge in [-0.15, -0.1) is 0 Å². The van der Waals surface area contributed by atoms with Crippen LogP contribution < -0.4 is 9.80 Å². The van der Waals surface area contributed by atoms with Crippen molar-refractivity contribution < 1.29 is 30.0 Å². The first-order valence-electron chi connectivity index (χ1n) is 18.7. The first-order valence-corrected chi connectivity index (χ1v) is 19.9. The van der Waals surface area contributed by atoms with Gasteiger partial charge in [-0.2, -0.15) is 0 Å². The monoisotopic (exact) mass is 847 g/mol. The molecule has 0 N–H and O–H groups in total. The molecule has 4 rings (SSSR count). The molecule has 2 fully saturated rings. The first kappa shape index (κ1) is 48.4. The Labute approximate surface area is 329 Å². The van der Waals surface area contributed by atoms with Crippen molar-refractivity contribution in [3.63, 3.8) is 0 Å². The fraction of sp³-hybridized carbons (Fsp3) is 0.643. The minimum Gasteiger partial charge on any atom is -0.358 e. The number of benzene rings is 2. The van der Waals surface area contributed by atoms with Crippen LogP contribution in [0.3, 0.4) is 0 Å². The summed E-state index contributed by atoms with van der Waals surface area (Å²) in [7, 11) is 2.17. The van der Waals surface area contributed by atoms with Gasteiger partial charge in [-0.1, -0.05) is 93.9 Å². The van der Waals surface area contributed by atoms with Gasteiger partial charge in [0.1, 0.15) is 0 Å². The van der Waals surface area contributed by atoms with E-state index in [2.05, 4.69) is 60.5 Å². The van der Waals surface area contributed by atoms with E-state index in [9.17, 15) is 9.59 Å². The number of hydrogen-bond donors (Lipinski definition) is 0. The molecule has 50 heavy (non-hydrogen) atoms. The van der Waals surface area contributed by atoms with E-state index < -0.39 is 0 Å². The Kier molecular flexibility index (Phi) is 27.1. The van der Waals surface area contributed by atoms with Crippen molar-refractivity contribution >= 4 is 39.1 Å². The van der Waals surface area contributed by atoms with Crippen LogP contribution in [0, 0.1) is 31.1 Å². The van der Waals surface area contributed by atoms with E-state index >= 15 is 0 Å². The summed E-state index contributed by atoms with van der Waals surface area (Å²) in [5.41, 5.74) is 2.07. The molecule has 288 valence electrons. The molecule has 0 spiro atoms. The molecule has 8 heteroatoms. The van der Waals surface area contributed by atoms with Gasteiger partial charge in [0.05, 0.1) is 0 Å². The molecule has 2 heterocycles. The molecule has 2 amide bonds. The number of nitrogens with zero attached hydrogens (tertiary/aromatic N) is 4. The van der Waals surface area contributed by atoms with Gasteiger partial charge in [0.15, 0.2) is 0 Å². The number of anilines is 2. The van der Waals surface area contributed by atoms with Gasteiger partial charge >= 0.3 is 0 Å². The first-order chi connectivity index (χ1) is 23.1. The van der Waals surface area contributed by atoms with Crippen LogP contribution in [-0.2, 0) is 30.0 Å². The number of amides is 2. The summed E-state index contributed by atoms with van der Waals surface area (Å²) in [6.07, 6.45) is 8.65. The fourth-order valence-corrected chi connectivity index (χ4v) is 7.32. The zero-order valence-electron chi connectivity index (χ0n) is 32.7.